The van der Waals surface area contributed by atoms with Crippen molar-refractivity contribution in [1.29, 1.82) is 0 Å². The van der Waals surface area contributed by atoms with E-state index in [1.165, 1.54) is 0 Å². The van der Waals surface area contributed by atoms with Crippen LogP contribution in [0, 0.1) is 6.92 Å². The van der Waals surface area contributed by atoms with Gasteiger partial charge in [0.1, 0.15) is 12.4 Å². The molecule has 0 N–H and O–H groups in total. The molecule has 0 spiro atoms. The number of carbonyl (C=O) groups is 1. The standard InChI is InChI=1S/C16H18N2O2/c1-11-8-13(18(2)17-11)10-20-14-6-7-15-12(9-14)4-3-5-16(15)19/h6-9H,3-5,10H2,1-2H3. The van der Waals surface area contributed by atoms with Gasteiger partial charge in [-0.1, -0.05) is 0 Å². The monoisotopic (exact) mass is 270 g/mol. The minimum absolute atomic E-state index is 0.250. The number of benzene rings is 1. The number of ketones is 1. The number of fused-ring (bicyclic) bond motifs is 1. The molecule has 0 bridgehead atoms. The highest BCUT2D eigenvalue weighted by Gasteiger charge is 2.17. The van der Waals surface area contributed by atoms with Gasteiger partial charge in [0.05, 0.1) is 11.4 Å². The first kappa shape index (κ1) is 12.9. The quantitative estimate of drug-likeness (QED) is 0.861. The number of Topliss-reactive ketones (excluding diaryl/α,β-unsaturated/α-hetero) is 1. The van der Waals surface area contributed by atoms with Gasteiger partial charge in [-0.2, -0.15) is 5.10 Å². The van der Waals surface area contributed by atoms with Crippen molar-refractivity contribution in [3.05, 3.63) is 46.8 Å². The van der Waals surface area contributed by atoms with Crippen molar-refractivity contribution in [2.75, 3.05) is 0 Å². The van der Waals surface area contributed by atoms with Gasteiger partial charge in [-0.05, 0) is 49.6 Å². The first-order valence-electron chi connectivity index (χ1n) is 6.92. The molecule has 1 heterocycles. The molecule has 1 aliphatic carbocycles. The van der Waals surface area contributed by atoms with E-state index in [2.05, 4.69) is 5.10 Å². The molecule has 3 rings (SSSR count). The van der Waals surface area contributed by atoms with E-state index in [1.54, 1.807) is 0 Å². The number of rotatable bonds is 3. The number of aromatic nitrogens is 2. The van der Waals surface area contributed by atoms with E-state index in [0.29, 0.717) is 13.0 Å². The third-order valence-corrected chi connectivity index (χ3v) is 3.71. The van der Waals surface area contributed by atoms with Crippen LogP contribution in [0.5, 0.6) is 5.75 Å². The van der Waals surface area contributed by atoms with Gasteiger partial charge in [-0.3, -0.25) is 9.48 Å². The van der Waals surface area contributed by atoms with E-state index >= 15 is 0 Å². The molecule has 4 heteroatoms. The molecule has 0 saturated heterocycles. The fourth-order valence-electron chi connectivity index (χ4n) is 2.67. The van der Waals surface area contributed by atoms with Crippen LogP contribution in [-0.2, 0) is 20.1 Å². The lowest BCUT2D eigenvalue weighted by atomic mass is 9.90. The Morgan fingerprint density at radius 2 is 2.15 bits per heavy atom. The molecule has 0 saturated carbocycles. The van der Waals surface area contributed by atoms with Gasteiger partial charge in [-0.15, -0.1) is 0 Å². The van der Waals surface area contributed by atoms with Crippen molar-refractivity contribution in [2.45, 2.75) is 32.8 Å². The molecule has 0 unspecified atom stereocenters. The van der Waals surface area contributed by atoms with E-state index < -0.39 is 0 Å². The summed E-state index contributed by atoms with van der Waals surface area (Å²) >= 11 is 0. The lowest BCUT2D eigenvalue weighted by Crippen LogP contribution is -2.11. The predicted molar refractivity (Wildman–Crippen MR) is 76.0 cm³/mol. The fraction of sp³-hybridized carbons (Fsp3) is 0.375. The highest BCUT2D eigenvalue weighted by atomic mass is 16.5. The average Bonchev–Trinajstić information content (AvgIpc) is 2.75. The molecule has 1 aromatic carbocycles. The summed E-state index contributed by atoms with van der Waals surface area (Å²) in [5.41, 5.74) is 4.00. The fourth-order valence-corrected chi connectivity index (χ4v) is 2.67. The van der Waals surface area contributed by atoms with Crippen LogP contribution in [0.2, 0.25) is 0 Å². The van der Waals surface area contributed by atoms with Crippen LogP contribution in [0.3, 0.4) is 0 Å². The smallest absolute Gasteiger partial charge is 0.163 e. The summed E-state index contributed by atoms with van der Waals surface area (Å²) in [6.07, 6.45) is 2.57. The van der Waals surface area contributed by atoms with Gasteiger partial charge in [-0.25, -0.2) is 0 Å². The number of aryl methyl sites for hydroxylation is 3. The molecule has 20 heavy (non-hydrogen) atoms. The third-order valence-electron chi connectivity index (χ3n) is 3.71. The van der Waals surface area contributed by atoms with Crippen molar-refractivity contribution >= 4 is 5.78 Å². The Morgan fingerprint density at radius 3 is 2.90 bits per heavy atom. The molecule has 0 atom stereocenters. The summed E-state index contributed by atoms with van der Waals surface area (Å²) in [7, 11) is 1.91. The predicted octanol–water partition coefficient (Wildman–Crippen LogP) is 2.83. The number of ether oxygens (including phenoxy) is 1. The van der Waals surface area contributed by atoms with Gasteiger partial charge in [0.2, 0.25) is 0 Å². The second-order valence-corrected chi connectivity index (χ2v) is 5.29. The van der Waals surface area contributed by atoms with Crippen LogP contribution in [-0.4, -0.2) is 15.6 Å². The number of hydrogen-bond donors (Lipinski definition) is 0. The first-order valence-corrected chi connectivity index (χ1v) is 6.92. The summed E-state index contributed by atoms with van der Waals surface area (Å²) in [5.74, 6) is 1.07. The molecule has 0 amide bonds. The number of carbonyl (C=O) groups excluding carboxylic acids is 1. The minimum Gasteiger partial charge on any atom is -0.487 e. The van der Waals surface area contributed by atoms with Gasteiger partial charge in [0.15, 0.2) is 5.78 Å². The van der Waals surface area contributed by atoms with Gasteiger partial charge in [0, 0.05) is 19.0 Å². The Morgan fingerprint density at radius 1 is 1.30 bits per heavy atom. The Balaban J connectivity index is 1.75. The SMILES string of the molecule is Cc1cc(COc2ccc3c(c2)CCCC3=O)n(C)n1. The second-order valence-electron chi connectivity index (χ2n) is 5.29. The van der Waals surface area contributed by atoms with Crippen LogP contribution in [0.4, 0.5) is 0 Å². The molecule has 1 aromatic heterocycles. The molecular weight excluding hydrogens is 252 g/mol. The van der Waals surface area contributed by atoms with Crippen LogP contribution < -0.4 is 4.74 Å². The third kappa shape index (κ3) is 2.46. The summed E-state index contributed by atoms with van der Waals surface area (Å²) in [5, 5.41) is 4.30. The lowest BCUT2D eigenvalue weighted by molar-refractivity contribution is 0.0972. The van der Waals surface area contributed by atoms with Crippen molar-refractivity contribution in [3.63, 3.8) is 0 Å². The molecular formula is C16H18N2O2. The Kier molecular flexibility index (Phi) is 3.30. The molecule has 4 nitrogen and oxygen atoms in total. The first-order chi connectivity index (χ1) is 9.63. The zero-order chi connectivity index (χ0) is 14.1. The maximum Gasteiger partial charge on any atom is 0.163 e. The molecule has 0 aliphatic heterocycles. The van der Waals surface area contributed by atoms with Crippen LogP contribution >= 0.6 is 0 Å². The minimum atomic E-state index is 0.250. The van der Waals surface area contributed by atoms with E-state index in [4.69, 9.17) is 4.74 Å². The highest BCUT2D eigenvalue weighted by Crippen LogP contribution is 2.25. The zero-order valence-electron chi connectivity index (χ0n) is 11.8. The van der Waals surface area contributed by atoms with Gasteiger partial charge in [0.25, 0.3) is 0 Å². The Bertz CT molecular complexity index is 658. The van der Waals surface area contributed by atoms with Crippen LogP contribution in [0.1, 0.15) is 40.2 Å². The molecule has 2 aromatic rings. The normalized spacial score (nSPS) is 14.2. The van der Waals surface area contributed by atoms with Crippen molar-refractivity contribution < 1.29 is 9.53 Å². The molecule has 0 radical (unpaired) electrons. The average molecular weight is 270 g/mol. The molecule has 104 valence electrons. The Hall–Kier alpha value is -2.10. The summed E-state index contributed by atoms with van der Waals surface area (Å²) in [6, 6.07) is 7.78. The zero-order valence-corrected chi connectivity index (χ0v) is 11.8. The van der Waals surface area contributed by atoms with Gasteiger partial charge >= 0.3 is 0 Å². The van der Waals surface area contributed by atoms with Crippen molar-refractivity contribution in [3.8, 4) is 5.75 Å². The van der Waals surface area contributed by atoms with Crippen molar-refractivity contribution in [1.82, 2.24) is 9.78 Å². The lowest BCUT2D eigenvalue weighted by Gasteiger charge is -2.16. The highest BCUT2D eigenvalue weighted by molar-refractivity contribution is 5.98. The topological polar surface area (TPSA) is 44.1 Å². The summed E-state index contributed by atoms with van der Waals surface area (Å²) < 4.78 is 7.65. The van der Waals surface area contributed by atoms with Crippen molar-refractivity contribution in [2.24, 2.45) is 7.05 Å². The van der Waals surface area contributed by atoms with E-state index in [1.807, 2.05) is 42.9 Å². The van der Waals surface area contributed by atoms with E-state index in [-0.39, 0.29) is 5.78 Å². The number of nitrogens with zero attached hydrogens (tertiary/aromatic N) is 2. The van der Waals surface area contributed by atoms with E-state index in [0.717, 1.165) is 41.1 Å². The largest absolute Gasteiger partial charge is 0.487 e. The Labute approximate surface area is 118 Å². The van der Waals surface area contributed by atoms with Crippen LogP contribution in [0.15, 0.2) is 24.3 Å². The number of hydrogen-bond acceptors (Lipinski definition) is 3. The maximum absolute atomic E-state index is 11.8. The maximum atomic E-state index is 11.8. The molecule has 1 aliphatic rings. The summed E-state index contributed by atoms with van der Waals surface area (Å²) in [4.78, 5) is 11.8. The van der Waals surface area contributed by atoms with Crippen LogP contribution in [0.25, 0.3) is 0 Å². The second kappa shape index (κ2) is 5.12. The van der Waals surface area contributed by atoms with E-state index in [9.17, 15) is 4.79 Å². The van der Waals surface area contributed by atoms with Gasteiger partial charge < -0.3 is 4.74 Å². The summed E-state index contributed by atoms with van der Waals surface area (Å²) in [6.45, 7) is 2.46. The molecule has 0 fully saturated rings.